The van der Waals surface area contributed by atoms with Gasteiger partial charge in [0.25, 0.3) is 0 Å². The minimum Gasteiger partial charge on any atom is -0.381 e. The highest BCUT2D eigenvalue weighted by Crippen LogP contribution is 2.11. The highest BCUT2D eigenvalue weighted by atomic mass is 16.5. The van der Waals surface area contributed by atoms with E-state index in [0.29, 0.717) is 0 Å². The first-order chi connectivity index (χ1) is 9.79. The van der Waals surface area contributed by atoms with Crippen molar-refractivity contribution in [2.75, 3.05) is 46.6 Å². The Hall–Kier alpha value is -0.120. The Morgan fingerprint density at radius 3 is 1.25 bits per heavy atom. The van der Waals surface area contributed by atoms with Crippen LogP contribution in [0.3, 0.4) is 0 Å². The first-order valence-corrected chi connectivity index (χ1v) is 8.63. The summed E-state index contributed by atoms with van der Waals surface area (Å²) in [6.07, 6.45) is 2.53. The topological polar surface area (TPSA) is 21.7 Å². The normalized spacial score (nSPS) is 18.6. The van der Waals surface area contributed by atoms with E-state index in [1.807, 2.05) is 41.5 Å². The standard InChI is InChI=1S/C6H12O.C5H11NO.3C2H6/c2*1-6-2-4-7-5-3-6;3*1-2/h6H,2-5H2,1H3;2-5H2,1H3;3*1-2H3. The second-order valence-electron chi connectivity index (χ2n) is 4.21. The molecule has 2 heterocycles. The van der Waals surface area contributed by atoms with Gasteiger partial charge in [-0.2, -0.15) is 0 Å². The SMILES string of the molecule is CC.CC.CC.CC1CCOCC1.CN1CCOCC1. The quantitative estimate of drug-likeness (QED) is 0.657. The summed E-state index contributed by atoms with van der Waals surface area (Å²) in [5.74, 6) is 0.911. The molecule has 3 heteroatoms. The van der Waals surface area contributed by atoms with Crippen molar-refractivity contribution in [1.29, 1.82) is 0 Å². The van der Waals surface area contributed by atoms with Gasteiger partial charge in [0.05, 0.1) is 13.2 Å². The van der Waals surface area contributed by atoms with Gasteiger partial charge in [-0.25, -0.2) is 0 Å². The molecule has 0 aromatic heterocycles. The Morgan fingerprint density at radius 1 is 0.700 bits per heavy atom. The molecule has 0 atom stereocenters. The molecule has 2 rings (SSSR count). The number of hydrogen-bond acceptors (Lipinski definition) is 3. The molecule has 2 saturated heterocycles. The highest BCUT2D eigenvalue weighted by molar-refractivity contribution is 4.56. The molecule has 0 saturated carbocycles. The summed E-state index contributed by atoms with van der Waals surface area (Å²) in [4.78, 5) is 2.27. The maximum atomic E-state index is 5.14. The maximum Gasteiger partial charge on any atom is 0.0594 e. The third kappa shape index (κ3) is 20.2. The average Bonchev–Trinajstić information content (AvgIpc) is 2.55. The monoisotopic (exact) mass is 291 g/mol. The van der Waals surface area contributed by atoms with Gasteiger partial charge in [0.2, 0.25) is 0 Å². The van der Waals surface area contributed by atoms with Crippen molar-refractivity contribution >= 4 is 0 Å². The zero-order chi connectivity index (χ0) is 16.2. The molecule has 2 aliphatic rings. The first kappa shape index (κ1) is 24.9. The molecule has 126 valence electrons. The summed E-state index contributed by atoms with van der Waals surface area (Å²) in [6, 6.07) is 0. The van der Waals surface area contributed by atoms with Crippen LogP contribution in [0, 0.1) is 5.92 Å². The highest BCUT2D eigenvalue weighted by Gasteiger charge is 2.06. The van der Waals surface area contributed by atoms with E-state index in [0.717, 1.165) is 45.4 Å². The van der Waals surface area contributed by atoms with E-state index < -0.39 is 0 Å². The van der Waals surface area contributed by atoms with E-state index >= 15 is 0 Å². The number of rotatable bonds is 0. The minimum absolute atomic E-state index is 0.911. The van der Waals surface area contributed by atoms with Crippen LogP contribution in [0.25, 0.3) is 0 Å². The van der Waals surface area contributed by atoms with Gasteiger partial charge in [-0.15, -0.1) is 0 Å². The molecular weight excluding hydrogens is 250 g/mol. The Bertz CT molecular complexity index is 115. The van der Waals surface area contributed by atoms with Crippen molar-refractivity contribution in [3.05, 3.63) is 0 Å². The summed E-state index contributed by atoms with van der Waals surface area (Å²) in [5.41, 5.74) is 0. The van der Waals surface area contributed by atoms with Gasteiger partial charge in [0, 0.05) is 26.3 Å². The minimum atomic E-state index is 0.911. The van der Waals surface area contributed by atoms with Crippen LogP contribution in [0.15, 0.2) is 0 Å². The lowest BCUT2D eigenvalue weighted by atomic mass is 10.0. The molecule has 0 spiro atoms. The molecular formula is C17H41NO2. The van der Waals surface area contributed by atoms with Crippen LogP contribution >= 0.6 is 0 Å². The molecule has 2 fully saturated rings. The fourth-order valence-electron chi connectivity index (χ4n) is 1.47. The lowest BCUT2D eigenvalue weighted by Crippen LogP contribution is -2.32. The van der Waals surface area contributed by atoms with E-state index in [1.165, 1.54) is 12.8 Å². The second kappa shape index (κ2) is 23.9. The number of ether oxygens (including phenoxy) is 2. The third-order valence-corrected chi connectivity index (χ3v) is 2.74. The predicted octanol–water partition coefficient (Wildman–Crippen LogP) is 4.46. The van der Waals surface area contributed by atoms with Crippen LogP contribution in [-0.2, 0) is 9.47 Å². The van der Waals surface area contributed by atoms with Crippen molar-refractivity contribution in [3.8, 4) is 0 Å². The van der Waals surface area contributed by atoms with E-state index in [1.54, 1.807) is 0 Å². The lowest BCUT2D eigenvalue weighted by Gasteiger charge is -2.21. The fourth-order valence-corrected chi connectivity index (χ4v) is 1.47. The molecule has 0 radical (unpaired) electrons. The van der Waals surface area contributed by atoms with Gasteiger partial charge in [-0.05, 0) is 25.8 Å². The van der Waals surface area contributed by atoms with E-state index in [2.05, 4.69) is 18.9 Å². The zero-order valence-electron chi connectivity index (χ0n) is 15.5. The first-order valence-electron chi connectivity index (χ1n) is 8.63. The smallest absolute Gasteiger partial charge is 0.0594 e. The summed E-state index contributed by atoms with van der Waals surface area (Å²) in [7, 11) is 2.11. The van der Waals surface area contributed by atoms with E-state index in [4.69, 9.17) is 9.47 Å². The average molecular weight is 292 g/mol. The Balaban J connectivity index is -0.000000211. The molecule has 20 heavy (non-hydrogen) atoms. The second-order valence-corrected chi connectivity index (χ2v) is 4.21. The van der Waals surface area contributed by atoms with Crippen molar-refractivity contribution in [2.45, 2.75) is 61.3 Å². The molecule has 0 aromatic rings. The van der Waals surface area contributed by atoms with Crippen molar-refractivity contribution in [3.63, 3.8) is 0 Å². The van der Waals surface area contributed by atoms with Crippen LogP contribution in [0.4, 0.5) is 0 Å². The van der Waals surface area contributed by atoms with Gasteiger partial charge >= 0.3 is 0 Å². The van der Waals surface area contributed by atoms with Crippen molar-refractivity contribution in [1.82, 2.24) is 4.90 Å². The Morgan fingerprint density at radius 2 is 1.05 bits per heavy atom. The van der Waals surface area contributed by atoms with Crippen molar-refractivity contribution < 1.29 is 9.47 Å². The third-order valence-electron chi connectivity index (χ3n) is 2.74. The lowest BCUT2D eigenvalue weighted by molar-refractivity contribution is 0.0503. The summed E-state index contributed by atoms with van der Waals surface area (Å²) in [6.45, 7) is 20.3. The van der Waals surface area contributed by atoms with Crippen LogP contribution in [0.2, 0.25) is 0 Å². The molecule has 0 unspecified atom stereocenters. The molecule has 0 bridgehead atoms. The molecule has 0 aliphatic carbocycles. The van der Waals surface area contributed by atoms with Gasteiger partial charge in [0.1, 0.15) is 0 Å². The molecule has 0 amide bonds. The number of likely N-dealkylation sites (N-methyl/N-ethyl adjacent to an activating group) is 1. The summed E-state index contributed by atoms with van der Waals surface area (Å²) in [5, 5.41) is 0. The van der Waals surface area contributed by atoms with Gasteiger partial charge in [-0.3, -0.25) is 0 Å². The summed E-state index contributed by atoms with van der Waals surface area (Å²) < 4.78 is 10.2. The predicted molar refractivity (Wildman–Crippen MR) is 91.6 cm³/mol. The van der Waals surface area contributed by atoms with Gasteiger partial charge in [-0.1, -0.05) is 48.5 Å². The Kier molecular flexibility index (Phi) is 29.8. The molecule has 0 N–H and O–H groups in total. The molecule has 3 nitrogen and oxygen atoms in total. The van der Waals surface area contributed by atoms with Gasteiger partial charge < -0.3 is 14.4 Å². The van der Waals surface area contributed by atoms with Crippen LogP contribution < -0.4 is 0 Å². The largest absolute Gasteiger partial charge is 0.381 e. The number of morpholine rings is 1. The van der Waals surface area contributed by atoms with Crippen LogP contribution in [0.5, 0.6) is 0 Å². The Labute approximate surface area is 129 Å². The van der Waals surface area contributed by atoms with Crippen molar-refractivity contribution in [2.24, 2.45) is 5.92 Å². The van der Waals surface area contributed by atoms with E-state index in [9.17, 15) is 0 Å². The van der Waals surface area contributed by atoms with E-state index in [-0.39, 0.29) is 0 Å². The number of hydrogen-bond donors (Lipinski definition) is 0. The van der Waals surface area contributed by atoms with Gasteiger partial charge in [0.15, 0.2) is 0 Å². The molecule has 0 aromatic carbocycles. The summed E-state index contributed by atoms with van der Waals surface area (Å²) >= 11 is 0. The van der Waals surface area contributed by atoms with Crippen LogP contribution in [-0.4, -0.2) is 51.5 Å². The fraction of sp³-hybridized carbons (Fsp3) is 1.00. The maximum absolute atomic E-state index is 5.14. The van der Waals surface area contributed by atoms with Crippen LogP contribution in [0.1, 0.15) is 61.3 Å². The zero-order valence-corrected chi connectivity index (χ0v) is 15.5. The number of nitrogens with zero attached hydrogens (tertiary/aromatic N) is 1. The molecule has 2 aliphatic heterocycles.